The third-order valence-electron chi connectivity index (χ3n) is 2.64. The topological polar surface area (TPSA) is 64.6 Å². The zero-order valence-corrected chi connectivity index (χ0v) is 13.7. The smallest absolute Gasteiger partial charge is 0.444 e. The van der Waals surface area contributed by atoms with E-state index in [2.05, 4.69) is 10.1 Å². The molecule has 5 nitrogen and oxygen atoms in total. The highest BCUT2D eigenvalue weighted by molar-refractivity contribution is 5.96. The lowest BCUT2D eigenvalue weighted by atomic mass is 10.1. The van der Waals surface area contributed by atoms with Gasteiger partial charge in [0, 0.05) is 18.5 Å². The van der Waals surface area contributed by atoms with Gasteiger partial charge in [-0.25, -0.2) is 4.79 Å². The molecule has 0 atom stereocenters. The Kier molecular flexibility index (Phi) is 6.62. The fraction of sp³-hybridized carbons (Fsp3) is 0.500. The van der Waals surface area contributed by atoms with Crippen molar-refractivity contribution in [3.63, 3.8) is 0 Å². The highest BCUT2D eigenvalue weighted by Gasteiger charge is 2.31. The highest BCUT2D eigenvalue weighted by Crippen LogP contribution is 2.23. The SMILES string of the molecule is CC(C)(C)OC(=O)NCCCC(=O)c1cccc(OC(F)(F)F)c1. The van der Waals surface area contributed by atoms with Crippen LogP contribution in [-0.4, -0.2) is 30.4 Å². The maximum absolute atomic E-state index is 12.2. The lowest BCUT2D eigenvalue weighted by Crippen LogP contribution is -2.33. The molecule has 0 aliphatic heterocycles. The van der Waals surface area contributed by atoms with Crippen molar-refractivity contribution in [2.75, 3.05) is 6.54 Å². The number of rotatable bonds is 6. The Morgan fingerprint density at radius 2 is 1.83 bits per heavy atom. The standard InChI is InChI=1S/C16H20F3NO4/c1-15(2,3)24-14(22)20-9-5-8-13(21)11-6-4-7-12(10-11)23-16(17,18)19/h4,6-7,10H,5,8-9H2,1-3H3,(H,20,22). The number of amides is 1. The summed E-state index contributed by atoms with van der Waals surface area (Å²) in [5.41, 5.74) is -0.493. The van der Waals surface area contributed by atoms with E-state index in [-0.39, 0.29) is 24.3 Å². The molecule has 0 unspecified atom stereocenters. The zero-order valence-electron chi connectivity index (χ0n) is 13.7. The van der Waals surface area contributed by atoms with Crippen LogP contribution in [0.2, 0.25) is 0 Å². The summed E-state index contributed by atoms with van der Waals surface area (Å²) in [6.07, 6.45) is -4.98. The molecule has 0 fully saturated rings. The van der Waals surface area contributed by atoms with Crippen LogP contribution in [0.25, 0.3) is 0 Å². The van der Waals surface area contributed by atoms with Gasteiger partial charge in [0.15, 0.2) is 5.78 Å². The number of benzene rings is 1. The van der Waals surface area contributed by atoms with Crippen molar-refractivity contribution in [3.8, 4) is 5.75 Å². The largest absolute Gasteiger partial charge is 0.573 e. The first-order chi connectivity index (χ1) is 11.0. The Hall–Kier alpha value is -2.25. The number of alkyl carbamates (subject to hydrolysis) is 1. The molecule has 1 aromatic carbocycles. The molecule has 0 spiro atoms. The quantitative estimate of drug-likeness (QED) is 0.622. The van der Waals surface area contributed by atoms with E-state index in [0.717, 1.165) is 12.1 Å². The Bertz CT molecular complexity index is 579. The van der Waals surface area contributed by atoms with Gasteiger partial charge in [0.2, 0.25) is 0 Å². The molecule has 0 aliphatic rings. The second kappa shape index (κ2) is 8.03. The van der Waals surface area contributed by atoms with Gasteiger partial charge in [0.05, 0.1) is 0 Å². The summed E-state index contributed by atoms with van der Waals surface area (Å²) in [4.78, 5) is 23.4. The molecule has 8 heteroatoms. The van der Waals surface area contributed by atoms with E-state index < -0.39 is 23.8 Å². The van der Waals surface area contributed by atoms with Crippen LogP contribution in [0.15, 0.2) is 24.3 Å². The van der Waals surface area contributed by atoms with E-state index in [1.165, 1.54) is 12.1 Å². The highest BCUT2D eigenvalue weighted by atomic mass is 19.4. The third kappa shape index (κ3) is 8.40. The van der Waals surface area contributed by atoms with Crippen molar-refractivity contribution in [2.24, 2.45) is 0 Å². The fourth-order valence-corrected chi connectivity index (χ4v) is 1.76. The van der Waals surface area contributed by atoms with E-state index in [4.69, 9.17) is 4.74 Å². The van der Waals surface area contributed by atoms with Crippen LogP contribution >= 0.6 is 0 Å². The van der Waals surface area contributed by atoms with Crippen LogP contribution in [0.5, 0.6) is 5.75 Å². The third-order valence-corrected chi connectivity index (χ3v) is 2.64. The lowest BCUT2D eigenvalue weighted by Gasteiger charge is -2.19. The van der Waals surface area contributed by atoms with Gasteiger partial charge in [-0.15, -0.1) is 13.2 Å². The zero-order chi connectivity index (χ0) is 18.4. The van der Waals surface area contributed by atoms with Crippen LogP contribution in [0.4, 0.5) is 18.0 Å². The number of hydrogen-bond acceptors (Lipinski definition) is 4. The van der Waals surface area contributed by atoms with E-state index in [0.29, 0.717) is 6.42 Å². The average Bonchev–Trinajstić information content (AvgIpc) is 2.40. The predicted octanol–water partition coefficient (Wildman–Crippen LogP) is 4.07. The van der Waals surface area contributed by atoms with E-state index in [1.807, 2.05) is 0 Å². The Morgan fingerprint density at radius 1 is 1.17 bits per heavy atom. The van der Waals surface area contributed by atoms with Gasteiger partial charge in [-0.1, -0.05) is 12.1 Å². The van der Waals surface area contributed by atoms with Gasteiger partial charge in [0.1, 0.15) is 11.4 Å². The lowest BCUT2D eigenvalue weighted by molar-refractivity contribution is -0.274. The average molecular weight is 347 g/mol. The number of ether oxygens (including phenoxy) is 2. The number of carbonyl (C=O) groups excluding carboxylic acids is 2. The summed E-state index contributed by atoms with van der Waals surface area (Å²) in [7, 11) is 0. The molecule has 0 aromatic heterocycles. The molecule has 0 saturated carbocycles. The van der Waals surface area contributed by atoms with Crippen molar-refractivity contribution >= 4 is 11.9 Å². The molecule has 1 aromatic rings. The van der Waals surface area contributed by atoms with Crippen LogP contribution in [0.3, 0.4) is 0 Å². The van der Waals surface area contributed by atoms with Crippen LogP contribution < -0.4 is 10.1 Å². The first kappa shape index (κ1) is 19.8. The fourth-order valence-electron chi connectivity index (χ4n) is 1.76. The molecule has 0 radical (unpaired) electrons. The Balaban J connectivity index is 2.43. The first-order valence-corrected chi connectivity index (χ1v) is 7.32. The normalized spacial score (nSPS) is 11.8. The second-order valence-corrected chi connectivity index (χ2v) is 6.03. The number of halogens is 3. The number of nitrogens with one attached hydrogen (secondary N) is 1. The van der Waals surface area contributed by atoms with E-state index in [9.17, 15) is 22.8 Å². The minimum absolute atomic E-state index is 0.0747. The summed E-state index contributed by atoms with van der Waals surface area (Å²) in [5.74, 6) is -0.783. The molecule has 24 heavy (non-hydrogen) atoms. The Labute approximate surface area is 138 Å². The van der Waals surface area contributed by atoms with Crippen molar-refractivity contribution in [2.45, 2.75) is 45.6 Å². The summed E-state index contributed by atoms with van der Waals surface area (Å²) in [6.45, 7) is 5.41. The number of carbonyl (C=O) groups is 2. The number of ketones is 1. The van der Waals surface area contributed by atoms with Gasteiger partial charge >= 0.3 is 12.5 Å². The molecule has 0 saturated heterocycles. The molecule has 0 heterocycles. The maximum atomic E-state index is 12.2. The molecular formula is C16H20F3NO4. The monoisotopic (exact) mass is 347 g/mol. The van der Waals surface area contributed by atoms with E-state index in [1.54, 1.807) is 20.8 Å². The van der Waals surface area contributed by atoms with Gasteiger partial charge < -0.3 is 14.8 Å². The van der Waals surface area contributed by atoms with Gasteiger partial charge in [-0.05, 0) is 39.3 Å². The number of Topliss-reactive ketones (excluding diaryl/α,β-unsaturated/α-hetero) is 1. The predicted molar refractivity (Wildman–Crippen MR) is 80.9 cm³/mol. The van der Waals surface area contributed by atoms with E-state index >= 15 is 0 Å². The summed E-state index contributed by atoms with van der Waals surface area (Å²) < 4.78 is 45.3. The van der Waals surface area contributed by atoms with Crippen LogP contribution in [-0.2, 0) is 4.74 Å². The number of hydrogen-bond donors (Lipinski definition) is 1. The molecule has 1 N–H and O–H groups in total. The van der Waals surface area contributed by atoms with Gasteiger partial charge in [0.25, 0.3) is 0 Å². The van der Waals surface area contributed by atoms with Crippen LogP contribution in [0, 0.1) is 0 Å². The molecule has 1 rings (SSSR count). The molecule has 0 bridgehead atoms. The van der Waals surface area contributed by atoms with Crippen molar-refractivity contribution in [1.29, 1.82) is 0 Å². The summed E-state index contributed by atoms with van der Waals surface area (Å²) >= 11 is 0. The van der Waals surface area contributed by atoms with Crippen molar-refractivity contribution in [3.05, 3.63) is 29.8 Å². The Morgan fingerprint density at radius 3 is 2.42 bits per heavy atom. The minimum atomic E-state index is -4.81. The minimum Gasteiger partial charge on any atom is -0.444 e. The summed E-state index contributed by atoms with van der Waals surface area (Å²) in [5, 5.41) is 2.50. The van der Waals surface area contributed by atoms with Crippen molar-refractivity contribution in [1.82, 2.24) is 5.32 Å². The molecule has 0 aliphatic carbocycles. The van der Waals surface area contributed by atoms with Crippen LogP contribution in [0.1, 0.15) is 44.0 Å². The van der Waals surface area contributed by atoms with Gasteiger partial charge in [-0.3, -0.25) is 4.79 Å². The van der Waals surface area contributed by atoms with Gasteiger partial charge in [-0.2, -0.15) is 0 Å². The molecular weight excluding hydrogens is 327 g/mol. The summed E-state index contributed by atoms with van der Waals surface area (Å²) in [6, 6.07) is 4.88. The molecule has 134 valence electrons. The second-order valence-electron chi connectivity index (χ2n) is 6.03. The number of alkyl halides is 3. The van der Waals surface area contributed by atoms with Crippen molar-refractivity contribution < 1.29 is 32.2 Å². The first-order valence-electron chi connectivity index (χ1n) is 7.32. The maximum Gasteiger partial charge on any atom is 0.573 e. The molecule has 1 amide bonds.